The van der Waals surface area contributed by atoms with Crippen molar-refractivity contribution in [2.24, 2.45) is 0 Å². The number of para-hydroxylation sites is 1. The lowest BCUT2D eigenvalue weighted by Crippen LogP contribution is -2.22. The second-order valence-electron chi connectivity index (χ2n) is 4.42. The second kappa shape index (κ2) is 6.15. The third kappa shape index (κ3) is 3.20. The van der Waals surface area contributed by atoms with E-state index >= 15 is 0 Å². The van der Waals surface area contributed by atoms with E-state index in [0.717, 1.165) is 32.4 Å². The largest absolute Gasteiger partial charge is 0.377 e. The lowest BCUT2D eigenvalue weighted by atomic mass is 10.1. The zero-order chi connectivity index (χ0) is 13.0. The standard InChI is InChI=1S/C12H16BrN3O2/c13-10-4-1-5-11(12(10)16(17)18)15-9-3-2-7-14-8-6-9/h1,4-5,9,14-15H,2-3,6-8H2. The van der Waals surface area contributed by atoms with Crippen molar-refractivity contribution in [2.45, 2.75) is 25.3 Å². The highest BCUT2D eigenvalue weighted by Gasteiger charge is 2.20. The van der Waals surface area contributed by atoms with Gasteiger partial charge in [0.1, 0.15) is 5.69 Å². The molecule has 0 spiro atoms. The minimum Gasteiger partial charge on any atom is -0.377 e. The Morgan fingerprint density at radius 1 is 1.39 bits per heavy atom. The Labute approximate surface area is 114 Å². The van der Waals surface area contributed by atoms with Gasteiger partial charge in [0.05, 0.1) is 9.40 Å². The highest BCUT2D eigenvalue weighted by Crippen LogP contribution is 2.33. The lowest BCUT2D eigenvalue weighted by Gasteiger charge is -2.17. The van der Waals surface area contributed by atoms with E-state index in [1.54, 1.807) is 12.1 Å². The predicted molar refractivity (Wildman–Crippen MR) is 74.9 cm³/mol. The molecule has 0 bridgehead atoms. The first-order valence-corrected chi connectivity index (χ1v) is 6.88. The highest BCUT2D eigenvalue weighted by atomic mass is 79.9. The Morgan fingerprint density at radius 3 is 3.00 bits per heavy atom. The molecule has 1 saturated heterocycles. The number of benzene rings is 1. The quantitative estimate of drug-likeness (QED) is 0.665. The fourth-order valence-corrected chi connectivity index (χ4v) is 2.71. The van der Waals surface area contributed by atoms with Crippen LogP contribution in [0.5, 0.6) is 0 Å². The zero-order valence-electron chi connectivity index (χ0n) is 9.99. The van der Waals surface area contributed by atoms with Gasteiger partial charge in [0.15, 0.2) is 0 Å². The van der Waals surface area contributed by atoms with Crippen molar-refractivity contribution in [2.75, 3.05) is 18.4 Å². The summed E-state index contributed by atoms with van der Waals surface area (Å²) in [5, 5.41) is 17.7. The van der Waals surface area contributed by atoms with Gasteiger partial charge in [0.2, 0.25) is 0 Å². The van der Waals surface area contributed by atoms with Gasteiger partial charge in [-0.1, -0.05) is 6.07 Å². The number of nitrogens with zero attached hydrogens (tertiary/aromatic N) is 1. The summed E-state index contributed by atoms with van der Waals surface area (Å²) in [6.45, 7) is 1.98. The molecule has 1 heterocycles. The van der Waals surface area contributed by atoms with Crippen molar-refractivity contribution in [3.05, 3.63) is 32.8 Å². The Kier molecular flexibility index (Phi) is 4.54. The Bertz CT molecular complexity index is 431. The van der Waals surface area contributed by atoms with Crippen LogP contribution in [0.25, 0.3) is 0 Å². The summed E-state index contributed by atoms with van der Waals surface area (Å²) < 4.78 is 0.518. The van der Waals surface area contributed by atoms with Crippen molar-refractivity contribution in [1.29, 1.82) is 0 Å². The molecular formula is C12H16BrN3O2. The van der Waals surface area contributed by atoms with Crippen LogP contribution in [0.2, 0.25) is 0 Å². The van der Waals surface area contributed by atoms with Crippen LogP contribution in [0.15, 0.2) is 22.7 Å². The van der Waals surface area contributed by atoms with E-state index in [-0.39, 0.29) is 10.6 Å². The molecule has 18 heavy (non-hydrogen) atoms. The first-order valence-electron chi connectivity index (χ1n) is 6.08. The summed E-state index contributed by atoms with van der Waals surface area (Å²) in [4.78, 5) is 10.7. The number of anilines is 1. The van der Waals surface area contributed by atoms with Crippen LogP contribution >= 0.6 is 15.9 Å². The van der Waals surface area contributed by atoms with Crippen molar-refractivity contribution in [3.8, 4) is 0 Å². The molecule has 0 saturated carbocycles. The van der Waals surface area contributed by atoms with Gasteiger partial charge in [-0.25, -0.2) is 0 Å². The average molecular weight is 314 g/mol. The molecule has 1 unspecified atom stereocenters. The second-order valence-corrected chi connectivity index (χ2v) is 5.27. The maximum absolute atomic E-state index is 11.1. The summed E-state index contributed by atoms with van der Waals surface area (Å²) in [6.07, 6.45) is 3.12. The van der Waals surface area contributed by atoms with E-state index in [4.69, 9.17) is 0 Å². The van der Waals surface area contributed by atoms with Crippen LogP contribution in [0.3, 0.4) is 0 Å². The van der Waals surface area contributed by atoms with Gasteiger partial charge in [-0.3, -0.25) is 10.1 Å². The molecule has 1 aromatic rings. The van der Waals surface area contributed by atoms with E-state index in [9.17, 15) is 10.1 Å². The summed E-state index contributed by atoms with van der Waals surface area (Å²) in [6, 6.07) is 5.57. The molecule has 1 fully saturated rings. The first-order chi connectivity index (χ1) is 8.68. The highest BCUT2D eigenvalue weighted by molar-refractivity contribution is 9.10. The number of halogens is 1. The summed E-state index contributed by atoms with van der Waals surface area (Å²) >= 11 is 3.23. The number of rotatable bonds is 3. The van der Waals surface area contributed by atoms with E-state index in [0.29, 0.717) is 16.2 Å². The van der Waals surface area contributed by atoms with Crippen molar-refractivity contribution in [1.82, 2.24) is 5.32 Å². The fraction of sp³-hybridized carbons (Fsp3) is 0.500. The van der Waals surface area contributed by atoms with E-state index in [2.05, 4.69) is 26.6 Å². The molecule has 0 radical (unpaired) electrons. The monoisotopic (exact) mass is 313 g/mol. The van der Waals surface area contributed by atoms with Crippen molar-refractivity contribution in [3.63, 3.8) is 0 Å². The first kappa shape index (κ1) is 13.3. The number of nitro benzene ring substituents is 1. The van der Waals surface area contributed by atoms with Crippen LogP contribution in [-0.2, 0) is 0 Å². The maximum atomic E-state index is 11.1. The Hall–Kier alpha value is -1.14. The van der Waals surface area contributed by atoms with E-state index in [1.807, 2.05) is 6.07 Å². The molecule has 1 aromatic carbocycles. The van der Waals surface area contributed by atoms with Gasteiger partial charge in [-0.2, -0.15) is 0 Å². The van der Waals surface area contributed by atoms with Gasteiger partial charge < -0.3 is 10.6 Å². The van der Waals surface area contributed by atoms with Crippen LogP contribution in [0.1, 0.15) is 19.3 Å². The van der Waals surface area contributed by atoms with Crippen molar-refractivity contribution >= 4 is 27.3 Å². The summed E-state index contributed by atoms with van der Waals surface area (Å²) in [5.41, 5.74) is 0.719. The van der Waals surface area contributed by atoms with Gasteiger partial charge in [0.25, 0.3) is 0 Å². The third-order valence-electron chi connectivity index (χ3n) is 3.10. The van der Waals surface area contributed by atoms with Crippen molar-refractivity contribution < 1.29 is 4.92 Å². The number of hydrogen-bond acceptors (Lipinski definition) is 4. The molecule has 0 amide bonds. The van der Waals surface area contributed by atoms with E-state index < -0.39 is 0 Å². The molecule has 98 valence electrons. The summed E-state index contributed by atoms with van der Waals surface area (Å²) in [5.74, 6) is 0. The molecule has 1 atom stereocenters. The fourth-order valence-electron chi connectivity index (χ4n) is 2.20. The molecule has 2 N–H and O–H groups in total. The average Bonchev–Trinajstić information content (AvgIpc) is 2.57. The van der Waals surface area contributed by atoms with Gasteiger partial charge in [-0.05, 0) is 60.4 Å². The number of nitrogens with one attached hydrogen (secondary N) is 2. The normalized spacial score (nSPS) is 20.2. The van der Waals surface area contributed by atoms with E-state index in [1.165, 1.54) is 0 Å². The van der Waals surface area contributed by atoms with Gasteiger partial charge in [-0.15, -0.1) is 0 Å². The number of nitro groups is 1. The Morgan fingerprint density at radius 2 is 2.22 bits per heavy atom. The molecule has 5 nitrogen and oxygen atoms in total. The zero-order valence-corrected chi connectivity index (χ0v) is 11.6. The maximum Gasteiger partial charge on any atom is 0.306 e. The lowest BCUT2D eigenvalue weighted by molar-refractivity contribution is -0.384. The number of hydrogen-bond donors (Lipinski definition) is 2. The minimum atomic E-state index is -0.346. The molecule has 0 aliphatic carbocycles. The van der Waals surface area contributed by atoms with Crippen LogP contribution in [0, 0.1) is 10.1 Å². The molecule has 6 heteroatoms. The molecular weight excluding hydrogens is 298 g/mol. The smallest absolute Gasteiger partial charge is 0.306 e. The van der Waals surface area contributed by atoms with Crippen LogP contribution < -0.4 is 10.6 Å². The minimum absolute atomic E-state index is 0.120. The molecule has 0 aromatic heterocycles. The molecule has 1 aliphatic rings. The molecule has 1 aliphatic heterocycles. The molecule has 2 rings (SSSR count). The topological polar surface area (TPSA) is 67.2 Å². The predicted octanol–water partition coefficient (Wildman–Crippen LogP) is 2.91. The van der Waals surface area contributed by atoms with Gasteiger partial charge >= 0.3 is 5.69 Å². The van der Waals surface area contributed by atoms with Gasteiger partial charge in [0, 0.05) is 6.04 Å². The SMILES string of the molecule is O=[N+]([O-])c1c(Br)cccc1NC1CCCNCC1. The summed E-state index contributed by atoms with van der Waals surface area (Å²) in [7, 11) is 0. The van der Waals surface area contributed by atoms with Crippen LogP contribution in [0.4, 0.5) is 11.4 Å². The Balaban J connectivity index is 2.17. The van der Waals surface area contributed by atoms with Crippen LogP contribution in [-0.4, -0.2) is 24.1 Å². The third-order valence-corrected chi connectivity index (χ3v) is 3.74.